The molecule has 0 fully saturated rings. The fourth-order valence-corrected chi connectivity index (χ4v) is 5.35. The summed E-state index contributed by atoms with van der Waals surface area (Å²) in [6.07, 6.45) is -0.220. The second kappa shape index (κ2) is 3.74. The minimum atomic E-state index is -2.07. The van der Waals surface area contributed by atoms with Gasteiger partial charge in [-0.3, -0.25) is 0 Å². The zero-order valence-corrected chi connectivity index (χ0v) is 13.0. The zero-order chi connectivity index (χ0) is 11.2. The predicted molar refractivity (Wildman–Crippen MR) is 65.2 cm³/mol. The molecule has 1 aromatic carbocycles. The molecular formula is C11H15ClO2Sn. The van der Waals surface area contributed by atoms with Gasteiger partial charge in [-0.25, -0.2) is 0 Å². The molecule has 0 aliphatic carbocycles. The van der Waals surface area contributed by atoms with E-state index in [0.717, 1.165) is 5.75 Å². The van der Waals surface area contributed by atoms with Gasteiger partial charge in [-0.05, 0) is 0 Å². The molecular weight excluding hydrogens is 318 g/mol. The first kappa shape index (κ1) is 11.4. The van der Waals surface area contributed by atoms with Crippen LogP contribution in [0.25, 0.3) is 0 Å². The van der Waals surface area contributed by atoms with Crippen molar-refractivity contribution >= 4 is 33.6 Å². The summed E-state index contributed by atoms with van der Waals surface area (Å²) in [5, 5.41) is 0.679. The van der Waals surface area contributed by atoms with Crippen LogP contribution < -0.4 is 13.1 Å². The normalized spacial score (nSPS) is 19.4. The number of halogens is 1. The molecule has 0 saturated carbocycles. The van der Waals surface area contributed by atoms with Crippen molar-refractivity contribution in [3.8, 4) is 11.5 Å². The molecule has 4 heteroatoms. The van der Waals surface area contributed by atoms with Gasteiger partial charge in [0.25, 0.3) is 0 Å². The van der Waals surface area contributed by atoms with Gasteiger partial charge in [0.1, 0.15) is 0 Å². The van der Waals surface area contributed by atoms with Crippen LogP contribution in [0.4, 0.5) is 0 Å². The number of ether oxygens (including phenoxy) is 2. The van der Waals surface area contributed by atoms with Gasteiger partial charge in [-0.15, -0.1) is 0 Å². The maximum absolute atomic E-state index is 6.17. The molecule has 1 heterocycles. The van der Waals surface area contributed by atoms with Crippen LogP contribution in [0.5, 0.6) is 11.5 Å². The summed E-state index contributed by atoms with van der Waals surface area (Å²) in [7, 11) is 0. The number of benzene rings is 1. The first-order chi connectivity index (χ1) is 6.88. The SMILES string of the molecule is CC1Oc2c[c]([Sn]([CH3])([CH3])[CH3])cc(Cl)c2O1. The summed E-state index contributed by atoms with van der Waals surface area (Å²) < 4.78 is 12.4. The standard InChI is InChI=1S/C8H6ClO2.3CH3.Sn/c1-5-10-7-4-2-3-6(9)8(7)11-5;;;;/h3-5H,1H3;3*1H3;. The van der Waals surface area contributed by atoms with Gasteiger partial charge >= 0.3 is 99.7 Å². The third-order valence-corrected chi connectivity index (χ3v) is 8.50. The Balaban J connectivity index is 2.49. The molecule has 2 nitrogen and oxygen atoms in total. The van der Waals surface area contributed by atoms with Crippen molar-refractivity contribution in [1.29, 1.82) is 0 Å². The van der Waals surface area contributed by atoms with Crippen molar-refractivity contribution in [2.45, 2.75) is 28.0 Å². The van der Waals surface area contributed by atoms with Crippen LogP contribution in [0.2, 0.25) is 19.8 Å². The number of hydrogen-bond donors (Lipinski definition) is 0. The monoisotopic (exact) mass is 334 g/mol. The van der Waals surface area contributed by atoms with E-state index in [-0.39, 0.29) is 6.29 Å². The predicted octanol–water partition coefficient (Wildman–Crippen LogP) is 3.00. The summed E-state index contributed by atoms with van der Waals surface area (Å²) in [4.78, 5) is 7.06. The second-order valence-electron chi connectivity index (χ2n) is 4.84. The Hall–Kier alpha value is -0.0913. The second-order valence-corrected chi connectivity index (χ2v) is 19.7. The topological polar surface area (TPSA) is 18.5 Å². The zero-order valence-electron chi connectivity index (χ0n) is 9.43. The molecule has 82 valence electrons. The van der Waals surface area contributed by atoms with Crippen LogP contribution in [0.1, 0.15) is 6.92 Å². The van der Waals surface area contributed by atoms with Gasteiger partial charge < -0.3 is 0 Å². The molecule has 1 unspecified atom stereocenters. The van der Waals surface area contributed by atoms with Gasteiger partial charge in [-0.1, -0.05) is 0 Å². The molecule has 2 rings (SSSR count). The average Bonchev–Trinajstić information content (AvgIpc) is 2.44. The maximum atomic E-state index is 6.17. The molecule has 15 heavy (non-hydrogen) atoms. The quantitative estimate of drug-likeness (QED) is 0.736. The molecule has 1 aromatic rings. The summed E-state index contributed by atoms with van der Waals surface area (Å²) in [5.74, 6) is 1.50. The van der Waals surface area contributed by atoms with Crippen molar-refractivity contribution in [2.24, 2.45) is 0 Å². The molecule has 0 saturated heterocycles. The van der Waals surface area contributed by atoms with Crippen molar-refractivity contribution < 1.29 is 9.47 Å². The third-order valence-electron chi connectivity index (χ3n) is 2.45. The van der Waals surface area contributed by atoms with E-state index < -0.39 is 18.4 Å². The Bertz CT molecular complexity index is 398. The van der Waals surface area contributed by atoms with E-state index in [9.17, 15) is 0 Å². The van der Waals surface area contributed by atoms with Crippen LogP contribution >= 0.6 is 11.6 Å². The van der Waals surface area contributed by atoms with Crippen molar-refractivity contribution in [2.75, 3.05) is 0 Å². The summed E-state index contributed by atoms with van der Waals surface area (Å²) in [6.45, 7) is 1.87. The average molecular weight is 333 g/mol. The molecule has 0 radical (unpaired) electrons. The van der Waals surface area contributed by atoms with Gasteiger partial charge in [-0.2, -0.15) is 0 Å². The molecule has 0 aromatic heterocycles. The molecule has 0 N–H and O–H groups in total. The summed E-state index contributed by atoms with van der Waals surface area (Å²) in [6, 6.07) is 4.14. The fraction of sp³-hybridized carbons (Fsp3) is 0.455. The van der Waals surface area contributed by atoms with E-state index >= 15 is 0 Å². The Kier molecular flexibility index (Phi) is 2.84. The molecule has 1 atom stereocenters. The van der Waals surface area contributed by atoms with E-state index in [1.165, 1.54) is 3.58 Å². The fourth-order valence-electron chi connectivity index (χ4n) is 1.57. The Morgan fingerprint density at radius 3 is 2.47 bits per heavy atom. The van der Waals surface area contributed by atoms with Crippen LogP contribution in [0, 0.1) is 0 Å². The van der Waals surface area contributed by atoms with Crippen LogP contribution in [0.3, 0.4) is 0 Å². The van der Waals surface area contributed by atoms with Crippen molar-refractivity contribution in [1.82, 2.24) is 0 Å². The van der Waals surface area contributed by atoms with E-state index in [4.69, 9.17) is 21.1 Å². The Morgan fingerprint density at radius 2 is 1.87 bits per heavy atom. The Morgan fingerprint density at radius 1 is 1.20 bits per heavy atom. The molecule has 0 bridgehead atoms. The van der Waals surface area contributed by atoms with Crippen molar-refractivity contribution in [3.05, 3.63) is 17.2 Å². The van der Waals surface area contributed by atoms with Gasteiger partial charge in [0.2, 0.25) is 0 Å². The van der Waals surface area contributed by atoms with Gasteiger partial charge in [0.15, 0.2) is 0 Å². The number of fused-ring (bicyclic) bond motifs is 1. The van der Waals surface area contributed by atoms with E-state index in [1.807, 2.05) is 13.0 Å². The van der Waals surface area contributed by atoms with Crippen molar-refractivity contribution in [3.63, 3.8) is 0 Å². The number of hydrogen-bond acceptors (Lipinski definition) is 2. The van der Waals surface area contributed by atoms with Crippen LogP contribution in [0.15, 0.2) is 12.1 Å². The van der Waals surface area contributed by atoms with Crippen LogP contribution in [-0.2, 0) is 0 Å². The number of rotatable bonds is 1. The van der Waals surface area contributed by atoms with E-state index in [0.29, 0.717) is 10.8 Å². The molecule has 1 aliphatic rings. The molecule has 1 aliphatic heterocycles. The Labute approximate surface area is 99.4 Å². The minimum absolute atomic E-state index is 0.220. The summed E-state index contributed by atoms with van der Waals surface area (Å²) >= 11 is 4.10. The third kappa shape index (κ3) is 2.21. The first-order valence-corrected chi connectivity index (χ1v) is 15.4. The molecule has 0 amide bonds. The van der Waals surface area contributed by atoms with Gasteiger partial charge in [0, 0.05) is 0 Å². The van der Waals surface area contributed by atoms with E-state index in [2.05, 4.69) is 20.9 Å². The first-order valence-electron chi connectivity index (χ1n) is 5.05. The molecule has 0 spiro atoms. The van der Waals surface area contributed by atoms with E-state index in [1.54, 1.807) is 0 Å². The van der Waals surface area contributed by atoms with Gasteiger partial charge in [0.05, 0.1) is 0 Å². The van der Waals surface area contributed by atoms with Crippen LogP contribution in [-0.4, -0.2) is 24.7 Å². The summed E-state index contributed by atoms with van der Waals surface area (Å²) in [5.41, 5.74) is 0.